The molecule has 0 aliphatic rings. The van der Waals surface area contributed by atoms with Crippen LogP contribution in [0.2, 0.25) is 0 Å². The van der Waals surface area contributed by atoms with E-state index in [0.29, 0.717) is 29.2 Å². The molecule has 0 spiro atoms. The maximum absolute atomic E-state index is 12.8. The zero-order valence-corrected chi connectivity index (χ0v) is 17.4. The summed E-state index contributed by atoms with van der Waals surface area (Å²) in [5, 5.41) is 13.7. The summed E-state index contributed by atoms with van der Waals surface area (Å²) in [5.74, 6) is 1.65. The van der Waals surface area contributed by atoms with Gasteiger partial charge in [-0.3, -0.25) is 4.79 Å². The summed E-state index contributed by atoms with van der Waals surface area (Å²) in [6.07, 6.45) is 1.28. The van der Waals surface area contributed by atoms with E-state index in [1.165, 1.54) is 0 Å². The molecule has 0 saturated carbocycles. The van der Waals surface area contributed by atoms with Crippen LogP contribution in [0.1, 0.15) is 55.8 Å². The molecular formula is C25H26N2O2. The van der Waals surface area contributed by atoms with Gasteiger partial charge >= 0.3 is 0 Å². The highest BCUT2D eigenvalue weighted by molar-refractivity contribution is 5.99. The molecule has 0 bridgehead atoms. The summed E-state index contributed by atoms with van der Waals surface area (Å²) in [5.41, 5.74) is 4.37. The maximum atomic E-state index is 12.8. The van der Waals surface area contributed by atoms with Crippen LogP contribution in [0.5, 0.6) is 0 Å². The minimum absolute atomic E-state index is 0.0865. The third kappa shape index (κ3) is 5.00. The van der Waals surface area contributed by atoms with Gasteiger partial charge in [-0.1, -0.05) is 51.1 Å². The van der Waals surface area contributed by atoms with Gasteiger partial charge in [-0.2, -0.15) is 5.26 Å². The Morgan fingerprint density at radius 3 is 2.45 bits per heavy atom. The van der Waals surface area contributed by atoms with E-state index in [1.807, 2.05) is 56.3 Å². The van der Waals surface area contributed by atoms with Crippen LogP contribution < -0.4 is 0 Å². The largest absolute Gasteiger partial charge is 0.361 e. The van der Waals surface area contributed by atoms with Crippen LogP contribution >= 0.6 is 0 Å². The van der Waals surface area contributed by atoms with Gasteiger partial charge in [0, 0.05) is 30.0 Å². The Morgan fingerprint density at radius 2 is 1.76 bits per heavy atom. The molecule has 0 radical (unpaired) electrons. The number of nitrogens with zero attached hydrogens (tertiary/aromatic N) is 2. The molecule has 0 unspecified atom stereocenters. The van der Waals surface area contributed by atoms with Gasteiger partial charge in [-0.15, -0.1) is 0 Å². The van der Waals surface area contributed by atoms with E-state index in [0.717, 1.165) is 28.9 Å². The molecule has 2 aromatic carbocycles. The first kappa shape index (κ1) is 20.5. The first-order chi connectivity index (χ1) is 13.9. The van der Waals surface area contributed by atoms with Crippen LogP contribution in [0.25, 0.3) is 22.4 Å². The summed E-state index contributed by atoms with van der Waals surface area (Å²) >= 11 is 0. The van der Waals surface area contributed by atoms with Crippen molar-refractivity contribution < 1.29 is 9.32 Å². The Balaban J connectivity index is 2.12. The predicted octanol–water partition coefficient (Wildman–Crippen LogP) is 6.31. The number of aromatic nitrogens is 1. The SMILES string of the molecule is CC(C)CC(=O)c1cc(-c2cc(CC(C)C)on2)cc(-c2ccccc2C#N)c1. The van der Waals surface area contributed by atoms with Crippen molar-refractivity contribution in [3.8, 4) is 28.5 Å². The number of ketones is 1. The number of hydrogen-bond donors (Lipinski definition) is 0. The zero-order valence-electron chi connectivity index (χ0n) is 17.4. The Hall–Kier alpha value is -3.19. The number of hydrogen-bond acceptors (Lipinski definition) is 4. The van der Waals surface area contributed by atoms with Gasteiger partial charge < -0.3 is 4.52 Å². The molecule has 1 aromatic heterocycles. The Morgan fingerprint density at radius 1 is 1.03 bits per heavy atom. The van der Waals surface area contributed by atoms with E-state index in [2.05, 4.69) is 25.1 Å². The molecule has 3 aromatic rings. The van der Waals surface area contributed by atoms with Crippen molar-refractivity contribution in [2.45, 2.75) is 40.5 Å². The van der Waals surface area contributed by atoms with Crippen LogP contribution in [0.3, 0.4) is 0 Å². The lowest BCUT2D eigenvalue weighted by Gasteiger charge is -2.11. The molecule has 0 saturated heterocycles. The fraction of sp³-hybridized carbons (Fsp3) is 0.320. The Labute approximate surface area is 172 Å². The molecule has 0 fully saturated rings. The van der Waals surface area contributed by atoms with Gasteiger partial charge in [0.05, 0.1) is 11.6 Å². The van der Waals surface area contributed by atoms with Crippen LogP contribution in [0.15, 0.2) is 53.1 Å². The lowest BCUT2D eigenvalue weighted by molar-refractivity contribution is 0.0968. The van der Waals surface area contributed by atoms with E-state index in [-0.39, 0.29) is 11.7 Å². The second-order valence-corrected chi connectivity index (χ2v) is 8.25. The number of rotatable bonds is 7. The number of nitriles is 1. The van der Waals surface area contributed by atoms with Gasteiger partial charge in [-0.05, 0) is 47.2 Å². The number of carbonyl (C=O) groups is 1. The molecule has 0 aliphatic heterocycles. The molecule has 4 heteroatoms. The smallest absolute Gasteiger partial charge is 0.163 e. The molecule has 0 N–H and O–H groups in total. The molecule has 0 amide bonds. The van der Waals surface area contributed by atoms with E-state index in [4.69, 9.17) is 4.52 Å². The molecule has 29 heavy (non-hydrogen) atoms. The number of Topliss-reactive ketones (excluding diaryl/α,β-unsaturated/α-hetero) is 1. The van der Waals surface area contributed by atoms with Gasteiger partial charge in [0.2, 0.25) is 0 Å². The van der Waals surface area contributed by atoms with Crippen LogP contribution in [0.4, 0.5) is 0 Å². The van der Waals surface area contributed by atoms with E-state index >= 15 is 0 Å². The fourth-order valence-corrected chi connectivity index (χ4v) is 3.36. The summed E-state index contributed by atoms with van der Waals surface area (Å²) in [6, 6.07) is 17.3. The molecular weight excluding hydrogens is 360 g/mol. The molecule has 0 atom stereocenters. The van der Waals surface area contributed by atoms with E-state index in [1.54, 1.807) is 6.07 Å². The van der Waals surface area contributed by atoms with Crippen LogP contribution in [-0.4, -0.2) is 10.9 Å². The zero-order chi connectivity index (χ0) is 21.0. The normalized spacial score (nSPS) is 11.1. The average Bonchev–Trinajstić information content (AvgIpc) is 3.15. The highest BCUT2D eigenvalue weighted by atomic mass is 16.5. The fourth-order valence-electron chi connectivity index (χ4n) is 3.36. The van der Waals surface area contributed by atoms with Crippen molar-refractivity contribution in [2.24, 2.45) is 11.8 Å². The second kappa shape index (κ2) is 8.87. The number of carbonyl (C=O) groups excluding carboxylic acids is 1. The van der Waals surface area contributed by atoms with E-state index < -0.39 is 0 Å². The van der Waals surface area contributed by atoms with Crippen molar-refractivity contribution in [1.82, 2.24) is 5.16 Å². The highest BCUT2D eigenvalue weighted by Gasteiger charge is 2.16. The number of benzene rings is 2. The standard InChI is InChI=1S/C25H26N2O2/c1-16(2)9-22-14-24(27-29-22)20-11-19(23-8-6-5-7-18(23)15-26)12-21(13-20)25(28)10-17(3)4/h5-8,11-14,16-17H,9-10H2,1-4H3. The summed E-state index contributed by atoms with van der Waals surface area (Å²) in [4.78, 5) is 12.8. The molecule has 0 aliphatic carbocycles. The second-order valence-electron chi connectivity index (χ2n) is 8.25. The van der Waals surface area contributed by atoms with Gasteiger partial charge in [0.1, 0.15) is 11.5 Å². The summed E-state index contributed by atoms with van der Waals surface area (Å²) < 4.78 is 5.50. The lowest BCUT2D eigenvalue weighted by atomic mass is 9.92. The van der Waals surface area contributed by atoms with Crippen LogP contribution in [0, 0.1) is 23.2 Å². The van der Waals surface area contributed by atoms with Crippen molar-refractivity contribution in [3.05, 3.63) is 65.4 Å². The minimum atomic E-state index is 0.0865. The first-order valence-electron chi connectivity index (χ1n) is 10.0. The summed E-state index contributed by atoms with van der Waals surface area (Å²) in [6.45, 7) is 8.32. The maximum Gasteiger partial charge on any atom is 0.163 e. The lowest BCUT2D eigenvalue weighted by Crippen LogP contribution is -2.04. The quantitative estimate of drug-likeness (QED) is 0.446. The topological polar surface area (TPSA) is 66.9 Å². The third-order valence-electron chi connectivity index (χ3n) is 4.67. The predicted molar refractivity (Wildman–Crippen MR) is 114 cm³/mol. The molecule has 4 nitrogen and oxygen atoms in total. The minimum Gasteiger partial charge on any atom is -0.361 e. The van der Waals surface area contributed by atoms with Gasteiger partial charge in [-0.25, -0.2) is 0 Å². The van der Waals surface area contributed by atoms with Crippen molar-refractivity contribution in [2.75, 3.05) is 0 Å². The average molecular weight is 386 g/mol. The third-order valence-corrected chi connectivity index (χ3v) is 4.67. The molecule has 148 valence electrons. The summed E-state index contributed by atoms with van der Waals surface area (Å²) in [7, 11) is 0. The van der Waals surface area contributed by atoms with Gasteiger partial charge in [0.25, 0.3) is 0 Å². The van der Waals surface area contributed by atoms with Crippen molar-refractivity contribution >= 4 is 5.78 Å². The molecule has 1 heterocycles. The Kier molecular flexibility index (Phi) is 6.29. The monoisotopic (exact) mass is 386 g/mol. The van der Waals surface area contributed by atoms with Gasteiger partial charge in [0.15, 0.2) is 5.78 Å². The van der Waals surface area contributed by atoms with E-state index in [9.17, 15) is 10.1 Å². The van der Waals surface area contributed by atoms with Crippen LogP contribution in [-0.2, 0) is 6.42 Å². The van der Waals surface area contributed by atoms with Crippen molar-refractivity contribution in [1.29, 1.82) is 5.26 Å². The van der Waals surface area contributed by atoms with Crippen molar-refractivity contribution in [3.63, 3.8) is 0 Å². The first-order valence-corrected chi connectivity index (χ1v) is 10.0. The highest BCUT2D eigenvalue weighted by Crippen LogP contribution is 2.31. The Bertz CT molecular complexity index is 1050. The molecule has 3 rings (SSSR count).